The highest BCUT2D eigenvalue weighted by Crippen LogP contribution is 2.12. The number of ether oxygens (including phenoxy) is 1. The van der Waals surface area contributed by atoms with Gasteiger partial charge in [-0.3, -0.25) is 0 Å². The molecule has 0 bridgehead atoms. The summed E-state index contributed by atoms with van der Waals surface area (Å²) in [6.07, 6.45) is 0.982. The van der Waals surface area contributed by atoms with Crippen LogP contribution in [0, 0.1) is 0 Å². The summed E-state index contributed by atoms with van der Waals surface area (Å²) < 4.78 is 5.74. The van der Waals surface area contributed by atoms with Gasteiger partial charge in [-0.2, -0.15) is 11.3 Å². The van der Waals surface area contributed by atoms with Gasteiger partial charge in [0.2, 0.25) is 0 Å². The first-order chi connectivity index (χ1) is 8.25. The largest absolute Gasteiger partial charge is 0.479 e. The van der Waals surface area contributed by atoms with Gasteiger partial charge >= 0.3 is 0 Å². The third kappa shape index (κ3) is 3.65. The van der Waals surface area contributed by atoms with Crippen LogP contribution in [0.15, 0.2) is 47.2 Å². The van der Waals surface area contributed by atoms with Crippen LogP contribution in [0.1, 0.15) is 18.1 Å². The van der Waals surface area contributed by atoms with E-state index in [0.717, 1.165) is 12.0 Å². The molecule has 0 N–H and O–H groups in total. The topological polar surface area (TPSA) is 9.23 Å². The fourth-order valence-electron chi connectivity index (χ4n) is 1.62. The molecule has 0 spiro atoms. The Labute approximate surface area is 111 Å². The molecule has 0 aliphatic carbocycles. The van der Waals surface area contributed by atoms with Crippen LogP contribution < -0.4 is 0 Å². The van der Waals surface area contributed by atoms with Crippen molar-refractivity contribution in [1.29, 1.82) is 0 Å². The summed E-state index contributed by atoms with van der Waals surface area (Å²) in [6.45, 7) is 2.05. The van der Waals surface area contributed by atoms with Crippen LogP contribution in [-0.2, 0) is 11.2 Å². The van der Waals surface area contributed by atoms with E-state index in [1.807, 2.05) is 41.9 Å². The van der Waals surface area contributed by atoms with Crippen LogP contribution in [0.5, 0.6) is 0 Å². The Bertz CT molecular complexity index is 462. The van der Waals surface area contributed by atoms with Gasteiger partial charge in [-0.25, -0.2) is 0 Å². The molecule has 0 saturated heterocycles. The molecule has 0 fully saturated rings. The second kappa shape index (κ2) is 5.94. The quantitative estimate of drug-likeness (QED) is 0.768. The summed E-state index contributed by atoms with van der Waals surface area (Å²) in [7, 11) is 0. The summed E-state index contributed by atoms with van der Waals surface area (Å²) in [5, 5.41) is 4.61. The van der Waals surface area contributed by atoms with Gasteiger partial charge < -0.3 is 4.74 Å². The summed E-state index contributed by atoms with van der Waals surface area (Å²) in [5.41, 5.74) is 2.28. The molecular weight excluding hydrogens is 248 g/mol. The Kier molecular flexibility index (Phi) is 4.29. The summed E-state index contributed by atoms with van der Waals surface area (Å²) in [4.78, 5) is 0. The van der Waals surface area contributed by atoms with Gasteiger partial charge in [0.25, 0.3) is 0 Å². The van der Waals surface area contributed by atoms with Gasteiger partial charge in [0.1, 0.15) is 6.10 Å². The Balaban J connectivity index is 1.90. The minimum absolute atomic E-state index is 0.102. The van der Waals surface area contributed by atoms with E-state index in [9.17, 15) is 0 Å². The smallest absolute Gasteiger partial charge is 0.192 e. The Hall–Kier alpha value is -1.19. The highest BCUT2D eigenvalue weighted by molar-refractivity contribution is 7.80. The highest BCUT2D eigenvalue weighted by atomic mass is 32.1. The van der Waals surface area contributed by atoms with Gasteiger partial charge in [-0.15, -0.1) is 0 Å². The molecule has 1 aromatic heterocycles. The molecule has 0 radical (unpaired) electrons. The summed E-state index contributed by atoms with van der Waals surface area (Å²) in [6, 6.07) is 12.3. The first-order valence-corrected chi connectivity index (χ1v) is 6.88. The molecular formula is C14H14OS2. The van der Waals surface area contributed by atoms with Crippen molar-refractivity contribution >= 4 is 28.6 Å². The maximum absolute atomic E-state index is 5.74. The maximum Gasteiger partial charge on any atom is 0.192 e. The van der Waals surface area contributed by atoms with Crippen molar-refractivity contribution in [2.45, 2.75) is 19.4 Å². The van der Waals surface area contributed by atoms with E-state index in [1.165, 1.54) is 5.56 Å². The zero-order valence-corrected chi connectivity index (χ0v) is 11.3. The van der Waals surface area contributed by atoms with E-state index < -0.39 is 0 Å². The normalized spacial score (nSPS) is 12.1. The van der Waals surface area contributed by atoms with Gasteiger partial charge in [0.15, 0.2) is 5.05 Å². The van der Waals surface area contributed by atoms with E-state index in [-0.39, 0.29) is 6.10 Å². The molecule has 1 atom stereocenters. The molecule has 17 heavy (non-hydrogen) atoms. The van der Waals surface area contributed by atoms with Crippen molar-refractivity contribution in [3.63, 3.8) is 0 Å². The lowest BCUT2D eigenvalue weighted by atomic mass is 10.1. The lowest BCUT2D eigenvalue weighted by Gasteiger charge is -2.14. The summed E-state index contributed by atoms with van der Waals surface area (Å²) in [5.74, 6) is 0. The van der Waals surface area contributed by atoms with Gasteiger partial charge in [-0.05, 0) is 36.2 Å². The predicted octanol–water partition coefficient (Wildman–Crippen LogP) is 4.07. The summed E-state index contributed by atoms with van der Waals surface area (Å²) >= 11 is 6.88. The fraction of sp³-hybridized carbons (Fsp3) is 0.214. The molecule has 1 unspecified atom stereocenters. The second-order valence-corrected chi connectivity index (χ2v) is 5.07. The number of thiophene rings is 1. The van der Waals surface area contributed by atoms with E-state index in [4.69, 9.17) is 17.0 Å². The molecule has 0 amide bonds. The fourth-order valence-corrected chi connectivity index (χ4v) is 2.62. The minimum Gasteiger partial charge on any atom is -0.479 e. The van der Waals surface area contributed by atoms with Crippen molar-refractivity contribution in [1.82, 2.24) is 0 Å². The van der Waals surface area contributed by atoms with Crippen molar-refractivity contribution in [3.8, 4) is 0 Å². The number of hydrogen-bond acceptors (Lipinski definition) is 3. The van der Waals surface area contributed by atoms with Gasteiger partial charge in [0.05, 0.1) is 0 Å². The zero-order chi connectivity index (χ0) is 12.1. The van der Waals surface area contributed by atoms with Crippen LogP contribution in [0.25, 0.3) is 0 Å². The van der Waals surface area contributed by atoms with Crippen LogP contribution in [0.2, 0.25) is 0 Å². The Morgan fingerprint density at radius 3 is 2.71 bits per heavy atom. The predicted molar refractivity (Wildman–Crippen MR) is 76.7 cm³/mol. The average molecular weight is 262 g/mol. The molecule has 0 aliphatic rings. The van der Waals surface area contributed by atoms with Crippen molar-refractivity contribution < 1.29 is 4.74 Å². The lowest BCUT2D eigenvalue weighted by molar-refractivity contribution is 0.216. The number of benzene rings is 1. The van der Waals surface area contributed by atoms with Crippen molar-refractivity contribution in [3.05, 3.63) is 58.3 Å². The molecule has 0 saturated carbocycles. The third-order valence-electron chi connectivity index (χ3n) is 2.43. The molecule has 1 aromatic carbocycles. The van der Waals surface area contributed by atoms with Crippen LogP contribution in [0.3, 0.4) is 0 Å². The van der Waals surface area contributed by atoms with Crippen molar-refractivity contribution in [2.75, 3.05) is 0 Å². The number of thiocarbonyl (C=S) groups is 1. The van der Waals surface area contributed by atoms with E-state index in [1.54, 1.807) is 11.3 Å². The SMILES string of the molecule is CC(Cc1ccccc1)OC(=S)c1ccsc1. The molecule has 1 heterocycles. The number of rotatable bonds is 4. The monoisotopic (exact) mass is 262 g/mol. The lowest BCUT2D eigenvalue weighted by Crippen LogP contribution is -2.16. The Morgan fingerprint density at radius 1 is 1.29 bits per heavy atom. The molecule has 0 aliphatic heterocycles. The highest BCUT2D eigenvalue weighted by Gasteiger charge is 2.09. The molecule has 1 nitrogen and oxygen atoms in total. The Morgan fingerprint density at radius 2 is 2.06 bits per heavy atom. The molecule has 3 heteroatoms. The van der Waals surface area contributed by atoms with Crippen LogP contribution in [0.4, 0.5) is 0 Å². The zero-order valence-electron chi connectivity index (χ0n) is 9.63. The van der Waals surface area contributed by atoms with Gasteiger partial charge in [0, 0.05) is 17.4 Å². The maximum atomic E-state index is 5.74. The van der Waals surface area contributed by atoms with Crippen LogP contribution >= 0.6 is 23.6 Å². The standard InChI is InChI=1S/C14H14OS2/c1-11(9-12-5-3-2-4-6-12)15-14(16)13-7-8-17-10-13/h2-8,10-11H,9H2,1H3. The van der Waals surface area contributed by atoms with E-state index >= 15 is 0 Å². The molecule has 88 valence electrons. The molecule has 2 rings (SSSR count). The first kappa shape index (κ1) is 12.3. The third-order valence-corrected chi connectivity index (χ3v) is 3.45. The van der Waals surface area contributed by atoms with E-state index in [2.05, 4.69) is 12.1 Å². The molecule has 2 aromatic rings. The van der Waals surface area contributed by atoms with Gasteiger partial charge in [-0.1, -0.05) is 30.3 Å². The van der Waals surface area contributed by atoms with E-state index in [0.29, 0.717) is 5.05 Å². The number of hydrogen-bond donors (Lipinski definition) is 0. The second-order valence-electron chi connectivity index (χ2n) is 3.92. The first-order valence-electron chi connectivity index (χ1n) is 5.53. The minimum atomic E-state index is 0.102. The van der Waals surface area contributed by atoms with Crippen LogP contribution in [-0.4, -0.2) is 11.2 Å². The average Bonchev–Trinajstić information content (AvgIpc) is 2.83. The van der Waals surface area contributed by atoms with Crippen molar-refractivity contribution in [2.24, 2.45) is 0 Å².